The van der Waals surface area contributed by atoms with Crippen molar-refractivity contribution < 1.29 is 72.0 Å². The van der Waals surface area contributed by atoms with Crippen molar-refractivity contribution in [2.24, 2.45) is 0 Å². The van der Waals surface area contributed by atoms with E-state index in [2.05, 4.69) is 0 Å². The van der Waals surface area contributed by atoms with Gasteiger partial charge in [0.05, 0.1) is 26.9 Å². The van der Waals surface area contributed by atoms with E-state index in [1.54, 1.807) is 22.6 Å². The summed E-state index contributed by atoms with van der Waals surface area (Å²) in [6.45, 7) is 2.86. The standard InChI is InChI=1S/C47H61IO15/c1-31(49)56-30-36-39(57-27-33-19-11-8-12-20-33)42(58-28-34-21-13-9-14-22-34)43(59-29-35-23-15-10-16-24-35)47(61-36)63-44-40(60-32(2)50)38(52)41(45(48)53)62-46(44)55-26-18-7-5-4-6-17-25-37(51)54-3/h8-16,19-24,36,38-47,52-53H,4-7,17-18,25-30H2,1-3H3/t36-,38+,39-,40+,41+,42+,43-,44-,45?,46+,47+/m1/s1. The first-order chi connectivity index (χ1) is 30.5. The summed E-state index contributed by atoms with van der Waals surface area (Å²) in [5.74, 6) is -1.48. The number of methoxy groups -OCH3 is 1. The SMILES string of the molecule is COC(=O)CCCCCCCCO[C@H]1O[C@H](C(O)I)[C@@H](O)[C@H](OC(C)=O)[C@H]1O[C@@H]1O[C@H](COC(C)=O)[C@@H](OCc2ccccc2)[C@H](OCc2ccccc2)[C@H]1OCc1ccccc1. The fraction of sp³-hybridized carbons (Fsp3) is 0.553. The summed E-state index contributed by atoms with van der Waals surface area (Å²) < 4.78 is 60.9. The first-order valence-electron chi connectivity index (χ1n) is 21.5. The molecule has 16 heteroatoms. The van der Waals surface area contributed by atoms with Gasteiger partial charge in [-0.1, -0.05) is 117 Å². The van der Waals surface area contributed by atoms with Gasteiger partial charge in [0.2, 0.25) is 0 Å². The summed E-state index contributed by atoms with van der Waals surface area (Å²) in [5.41, 5.74) is 2.60. The van der Waals surface area contributed by atoms with Crippen molar-refractivity contribution in [2.75, 3.05) is 20.3 Å². The number of carbonyl (C=O) groups excluding carboxylic acids is 3. The van der Waals surface area contributed by atoms with Crippen LogP contribution in [0.2, 0.25) is 0 Å². The Balaban J connectivity index is 1.47. The molecule has 0 saturated carbocycles. The van der Waals surface area contributed by atoms with Crippen LogP contribution < -0.4 is 0 Å². The number of carbonyl (C=O) groups is 3. The Kier molecular flexibility index (Phi) is 21.7. The largest absolute Gasteiger partial charge is 0.469 e. The predicted molar refractivity (Wildman–Crippen MR) is 236 cm³/mol. The summed E-state index contributed by atoms with van der Waals surface area (Å²) >= 11 is 1.72. The molecule has 0 radical (unpaired) electrons. The number of hydrogen-bond donors (Lipinski definition) is 2. The average molecular weight is 993 g/mol. The van der Waals surface area contributed by atoms with Crippen molar-refractivity contribution >= 4 is 40.5 Å². The van der Waals surface area contributed by atoms with Gasteiger partial charge in [0.15, 0.2) is 24.8 Å². The summed E-state index contributed by atoms with van der Waals surface area (Å²) in [6, 6.07) is 28.7. The van der Waals surface area contributed by atoms with Crippen molar-refractivity contribution in [3.63, 3.8) is 0 Å². The van der Waals surface area contributed by atoms with Crippen LogP contribution in [0.1, 0.15) is 75.5 Å². The molecule has 2 fully saturated rings. The number of aliphatic hydroxyl groups is 2. The third-order valence-electron chi connectivity index (χ3n) is 10.6. The van der Waals surface area contributed by atoms with Gasteiger partial charge in [0.25, 0.3) is 0 Å². The van der Waals surface area contributed by atoms with Gasteiger partial charge < -0.3 is 57.6 Å². The highest BCUT2D eigenvalue weighted by molar-refractivity contribution is 14.1. The van der Waals surface area contributed by atoms with Gasteiger partial charge in [0, 0.05) is 26.9 Å². The van der Waals surface area contributed by atoms with E-state index in [-0.39, 0.29) is 39.0 Å². The molecule has 11 atom stereocenters. The lowest BCUT2D eigenvalue weighted by atomic mass is 9.96. The van der Waals surface area contributed by atoms with Gasteiger partial charge >= 0.3 is 17.9 Å². The molecule has 0 aliphatic carbocycles. The molecule has 0 bridgehead atoms. The third kappa shape index (κ3) is 16.4. The Hall–Kier alpha value is -3.56. The number of unbranched alkanes of at least 4 members (excludes halogenated alkanes) is 5. The van der Waals surface area contributed by atoms with Gasteiger partial charge in [-0.15, -0.1) is 0 Å². The van der Waals surface area contributed by atoms with Gasteiger partial charge in [-0.3, -0.25) is 14.4 Å². The smallest absolute Gasteiger partial charge is 0.305 e. The Morgan fingerprint density at radius 3 is 1.68 bits per heavy atom. The first-order valence-corrected chi connectivity index (χ1v) is 22.7. The minimum Gasteiger partial charge on any atom is -0.469 e. The number of aliphatic hydroxyl groups excluding tert-OH is 2. The molecule has 3 aromatic rings. The van der Waals surface area contributed by atoms with E-state index >= 15 is 0 Å². The second-order valence-corrected chi connectivity index (χ2v) is 16.7. The van der Waals surface area contributed by atoms with Crippen LogP contribution in [0.5, 0.6) is 0 Å². The highest BCUT2D eigenvalue weighted by Crippen LogP contribution is 2.36. The van der Waals surface area contributed by atoms with Gasteiger partial charge in [-0.25, -0.2) is 0 Å². The Labute approximate surface area is 383 Å². The van der Waals surface area contributed by atoms with Crippen LogP contribution in [0.25, 0.3) is 0 Å². The van der Waals surface area contributed by atoms with E-state index in [1.165, 1.54) is 21.0 Å². The molecular formula is C47H61IO15. The average Bonchev–Trinajstić information content (AvgIpc) is 3.28. The van der Waals surface area contributed by atoms with Crippen molar-refractivity contribution in [1.82, 2.24) is 0 Å². The van der Waals surface area contributed by atoms with Crippen LogP contribution in [0, 0.1) is 0 Å². The second-order valence-electron chi connectivity index (χ2n) is 15.5. The molecule has 2 N–H and O–H groups in total. The fourth-order valence-corrected chi connectivity index (χ4v) is 8.00. The number of alkyl halides is 1. The molecule has 0 spiro atoms. The zero-order valence-electron chi connectivity index (χ0n) is 36.1. The van der Waals surface area contributed by atoms with Gasteiger partial charge in [-0.05, 0) is 52.1 Å². The maximum absolute atomic E-state index is 12.7. The topological polar surface area (TPSA) is 184 Å². The third-order valence-corrected chi connectivity index (χ3v) is 11.3. The number of benzene rings is 3. The summed E-state index contributed by atoms with van der Waals surface area (Å²) in [6.07, 6.45) is -6.65. The number of halogens is 1. The van der Waals surface area contributed by atoms with Crippen LogP contribution in [-0.2, 0) is 81.6 Å². The minimum atomic E-state index is -1.55. The molecule has 3 aromatic carbocycles. The molecule has 346 valence electrons. The molecule has 5 rings (SSSR count). The quantitative estimate of drug-likeness (QED) is 0.0326. The number of rotatable bonds is 25. The number of hydrogen-bond acceptors (Lipinski definition) is 15. The Bertz CT molecular complexity index is 1770. The molecule has 1 unspecified atom stereocenters. The molecule has 2 saturated heterocycles. The Morgan fingerprint density at radius 1 is 0.635 bits per heavy atom. The Morgan fingerprint density at radius 2 is 1.16 bits per heavy atom. The summed E-state index contributed by atoms with van der Waals surface area (Å²) in [7, 11) is 1.38. The zero-order chi connectivity index (χ0) is 45.0. The van der Waals surface area contributed by atoms with E-state index in [4.69, 9.17) is 47.4 Å². The zero-order valence-corrected chi connectivity index (χ0v) is 38.2. The van der Waals surface area contributed by atoms with E-state index < -0.39 is 77.5 Å². The summed E-state index contributed by atoms with van der Waals surface area (Å²) in [4.78, 5) is 36.4. The number of ether oxygens (including phenoxy) is 10. The van der Waals surface area contributed by atoms with Crippen molar-refractivity contribution in [1.29, 1.82) is 0 Å². The molecule has 15 nitrogen and oxygen atoms in total. The van der Waals surface area contributed by atoms with E-state index in [0.29, 0.717) is 12.8 Å². The monoisotopic (exact) mass is 992 g/mol. The lowest BCUT2D eigenvalue weighted by molar-refractivity contribution is -0.377. The lowest BCUT2D eigenvalue weighted by Crippen LogP contribution is -2.66. The van der Waals surface area contributed by atoms with Crippen LogP contribution in [0.3, 0.4) is 0 Å². The van der Waals surface area contributed by atoms with Gasteiger partial charge in [-0.2, -0.15) is 0 Å². The fourth-order valence-electron chi connectivity index (χ4n) is 7.40. The van der Waals surface area contributed by atoms with Crippen molar-refractivity contribution in [3.05, 3.63) is 108 Å². The molecule has 0 amide bonds. The van der Waals surface area contributed by atoms with Crippen LogP contribution >= 0.6 is 22.6 Å². The maximum Gasteiger partial charge on any atom is 0.305 e. The van der Waals surface area contributed by atoms with E-state index in [9.17, 15) is 24.6 Å². The predicted octanol–water partition coefficient (Wildman–Crippen LogP) is 6.11. The van der Waals surface area contributed by atoms with Gasteiger partial charge in [0.1, 0.15) is 47.3 Å². The van der Waals surface area contributed by atoms with E-state index in [0.717, 1.165) is 48.8 Å². The summed E-state index contributed by atoms with van der Waals surface area (Å²) in [5, 5.41) is 22.3. The molecule has 0 aromatic heterocycles. The van der Waals surface area contributed by atoms with Crippen molar-refractivity contribution in [2.45, 2.75) is 144 Å². The molecule has 63 heavy (non-hydrogen) atoms. The van der Waals surface area contributed by atoms with Crippen LogP contribution in [-0.4, -0.2) is 114 Å². The molecule has 2 heterocycles. The van der Waals surface area contributed by atoms with Crippen LogP contribution in [0.4, 0.5) is 0 Å². The minimum absolute atomic E-state index is 0.100. The normalized spacial score (nSPS) is 26.4. The highest BCUT2D eigenvalue weighted by Gasteiger charge is 2.55. The molecule has 2 aliphatic heterocycles. The van der Waals surface area contributed by atoms with Crippen molar-refractivity contribution in [3.8, 4) is 0 Å². The molecular weight excluding hydrogens is 931 g/mol. The second kappa shape index (κ2) is 27.0. The first kappa shape index (κ1) is 50.4. The van der Waals surface area contributed by atoms with E-state index in [1.807, 2.05) is 91.0 Å². The highest BCUT2D eigenvalue weighted by atomic mass is 127. The lowest BCUT2D eigenvalue weighted by Gasteiger charge is -2.49. The molecule has 2 aliphatic rings. The van der Waals surface area contributed by atoms with Crippen LogP contribution in [0.15, 0.2) is 91.0 Å². The maximum atomic E-state index is 12.7. The number of esters is 3.